The van der Waals surface area contributed by atoms with Crippen molar-refractivity contribution in [3.05, 3.63) is 18.1 Å². The number of amides is 1. The fraction of sp³-hybridized carbons (Fsp3) is 0.571. The normalized spacial score (nSPS) is 12.1. The van der Waals surface area contributed by atoms with Gasteiger partial charge in [0.05, 0.1) is 0 Å². The number of anilines is 1. The predicted molar refractivity (Wildman–Crippen MR) is 78.9 cm³/mol. The van der Waals surface area contributed by atoms with Gasteiger partial charge in [-0.1, -0.05) is 13.8 Å². The number of aliphatic carboxylic acids is 1. The minimum absolute atomic E-state index is 0.115. The van der Waals surface area contributed by atoms with Gasteiger partial charge in [0.1, 0.15) is 0 Å². The average Bonchev–Trinajstić information content (AvgIpc) is 2.42. The predicted octanol–water partition coefficient (Wildman–Crippen LogP) is 1.51. The Labute approximate surface area is 124 Å². The van der Waals surface area contributed by atoms with Gasteiger partial charge in [0, 0.05) is 25.4 Å². The van der Waals surface area contributed by atoms with Crippen LogP contribution in [0.4, 0.5) is 5.82 Å². The molecule has 1 atom stereocenters. The molecule has 0 saturated carbocycles. The van der Waals surface area contributed by atoms with E-state index in [1.807, 2.05) is 0 Å². The molecule has 4 N–H and O–H groups in total. The first-order valence-corrected chi connectivity index (χ1v) is 6.98. The zero-order valence-electron chi connectivity index (χ0n) is 12.4. The summed E-state index contributed by atoms with van der Waals surface area (Å²) < 4.78 is 0. The molecule has 116 valence electrons. The summed E-state index contributed by atoms with van der Waals surface area (Å²) in [6.45, 7) is 4.73. The Hall–Kier alpha value is -2.18. The standard InChI is InChI=1S/C14H22N4O3/c1-9(2)10(3-4-11(19)20)5-6-17-14-12(13(15)21)16-7-8-18-14/h7-10H,3-6H2,1-2H3,(H2,15,21)(H,17,18)(H,19,20). The van der Waals surface area contributed by atoms with E-state index in [0.29, 0.717) is 30.6 Å². The zero-order chi connectivity index (χ0) is 15.8. The van der Waals surface area contributed by atoms with Gasteiger partial charge in [0.2, 0.25) is 0 Å². The molecule has 0 bridgehead atoms. The van der Waals surface area contributed by atoms with Crippen LogP contribution in [-0.2, 0) is 4.79 Å². The molecule has 1 amide bonds. The zero-order valence-corrected chi connectivity index (χ0v) is 12.4. The van der Waals surface area contributed by atoms with Gasteiger partial charge in [-0.15, -0.1) is 0 Å². The second-order valence-electron chi connectivity index (χ2n) is 5.27. The van der Waals surface area contributed by atoms with E-state index in [1.54, 1.807) is 0 Å². The van der Waals surface area contributed by atoms with Crippen molar-refractivity contribution in [2.45, 2.75) is 33.1 Å². The van der Waals surface area contributed by atoms with Crippen LogP contribution in [0.5, 0.6) is 0 Å². The summed E-state index contributed by atoms with van der Waals surface area (Å²) in [6, 6.07) is 0. The maximum Gasteiger partial charge on any atom is 0.303 e. The number of carboxylic acids is 1. The van der Waals surface area contributed by atoms with Gasteiger partial charge in [-0.05, 0) is 24.7 Å². The van der Waals surface area contributed by atoms with Crippen LogP contribution in [0, 0.1) is 11.8 Å². The fourth-order valence-electron chi connectivity index (χ4n) is 2.14. The number of hydrogen-bond acceptors (Lipinski definition) is 5. The third-order valence-electron chi connectivity index (χ3n) is 3.41. The van der Waals surface area contributed by atoms with Crippen molar-refractivity contribution >= 4 is 17.7 Å². The van der Waals surface area contributed by atoms with E-state index in [4.69, 9.17) is 10.8 Å². The van der Waals surface area contributed by atoms with E-state index in [2.05, 4.69) is 29.1 Å². The summed E-state index contributed by atoms with van der Waals surface area (Å²) in [6.07, 6.45) is 4.49. The molecule has 0 aliphatic rings. The van der Waals surface area contributed by atoms with E-state index in [-0.39, 0.29) is 12.1 Å². The van der Waals surface area contributed by atoms with Crippen LogP contribution >= 0.6 is 0 Å². The number of hydrogen-bond donors (Lipinski definition) is 3. The van der Waals surface area contributed by atoms with Gasteiger partial charge < -0.3 is 16.2 Å². The van der Waals surface area contributed by atoms with Crippen molar-refractivity contribution in [2.24, 2.45) is 17.6 Å². The third-order valence-corrected chi connectivity index (χ3v) is 3.41. The lowest BCUT2D eigenvalue weighted by atomic mass is 9.88. The molecule has 1 aromatic heterocycles. The molecule has 0 aliphatic heterocycles. The monoisotopic (exact) mass is 294 g/mol. The highest BCUT2D eigenvalue weighted by atomic mass is 16.4. The number of nitrogens with one attached hydrogen (secondary N) is 1. The molecule has 1 heterocycles. The molecule has 7 nitrogen and oxygen atoms in total. The molecule has 0 radical (unpaired) electrons. The Bertz CT molecular complexity index is 491. The van der Waals surface area contributed by atoms with Gasteiger partial charge in [-0.2, -0.15) is 0 Å². The molecule has 21 heavy (non-hydrogen) atoms. The largest absolute Gasteiger partial charge is 0.481 e. The Kier molecular flexibility index (Phi) is 6.58. The van der Waals surface area contributed by atoms with Crippen molar-refractivity contribution < 1.29 is 14.7 Å². The Morgan fingerprint density at radius 2 is 1.95 bits per heavy atom. The second kappa shape index (κ2) is 8.18. The number of nitrogens with zero attached hydrogens (tertiary/aromatic N) is 2. The molecular weight excluding hydrogens is 272 g/mol. The maximum atomic E-state index is 11.2. The van der Waals surface area contributed by atoms with Crippen LogP contribution in [0.2, 0.25) is 0 Å². The first-order chi connectivity index (χ1) is 9.91. The summed E-state index contributed by atoms with van der Waals surface area (Å²) in [5.74, 6) is -0.355. The fourth-order valence-corrected chi connectivity index (χ4v) is 2.14. The van der Waals surface area contributed by atoms with Gasteiger partial charge >= 0.3 is 5.97 Å². The highest BCUT2D eigenvalue weighted by molar-refractivity contribution is 5.95. The topological polar surface area (TPSA) is 118 Å². The summed E-state index contributed by atoms with van der Waals surface area (Å²) in [5, 5.41) is 11.8. The van der Waals surface area contributed by atoms with Crippen LogP contribution in [0.3, 0.4) is 0 Å². The Balaban J connectivity index is 2.54. The first-order valence-electron chi connectivity index (χ1n) is 6.98. The number of aromatic nitrogens is 2. The van der Waals surface area contributed by atoms with E-state index in [0.717, 1.165) is 6.42 Å². The molecule has 0 fully saturated rings. The molecule has 1 unspecified atom stereocenters. The van der Waals surface area contributed by atoms with Crippen LogP contribution in [-0.4, -0.2) is 33.5 Å². The maximum absolute atomic E-state index is 11.2. The molecular formula is C14H22N4O3. The Morgan fingerprint density at radius 3 is 2.52 bits per heavy atom. The van der Waals surface area contributed by atoms with Crippen LogP contribution in [0.15, 0.2) is 12.4 Å². The first kappa shape index (κ1) is 16.9. The Morgan fingerprint density at radius 1 is 1.29 bits per heavy atom. The van der Waals surface area contributed by atoms with E-state index in [1.165, 1.54) is 12.4 Å². The van der Waals surface area contributed by atoms with Gasteiger partial charge in [0.25, 0.3) is 5.91 Å². The lowest BCUT2D eigenvalue weighted by molar-refractivity contribution is -0.137. The van der Waals surface area contributed by atoms with Crippen molar-refractivity contribution in [2.75, 3.05) is 11.9 Å². The van der Waals surface area contributed by atoms with Crippen LogP contribution in [0.25, 0.3) is 0 Å². The summed E-state index contributed by atoms with van der Waals surface area (Å²) in [5.41, 5.74) is 5.34. The summed E-state index contributed by atoms with van der Waals surface area (Å²) in [4.78, 5) is 29.8. The van der Waals surface area contributed by atoms with Crippen molar-refractivity contribution in [3.8, 4) is 0 Å². The quantitative estimate of drug-likeness (QED) is 0.635. The lowest BCUT2D eigenvalue weighted by Gasteiger charge is -2.20. The highest BCUT2D eigenvalue weighted by Gasteiger charge is 2.16. The molecule has 0 saturated heterocycles. The SMILES string of the molecule is CC(C)C(CCNc1nccnc1C(N)=O)CCC(=O)O. The number of carboxylic acid groups (broad SMARTS) is 1. The number of nitrogens with two attached hydrogens (primary N) is 1. The second-order valence-corrected chi connectivity index (χ2v) is 5.27. The molecule has 1 aromatic rings. The number of rotatable bonds is 9. The minimum Gasteiger partial charge on any atom is -0.481 e. The van der Waals surface area contributed by atoms with E-state index in [9.17, 15) is 9.59 Å². The molecule has 0 aliphatic carbocycles. The van der Waals surface area contributed by atoms with Gasteiger partial charge in [0.15, 0.2) is 11.5 Å². The molecule has 7 heteroatoms. The van der Waals surface area contributed by atoms with Crippen LogP contribution in [0.1, 0.15) is 43.6 Å². The lowest BCUT2D eigenvalue weighted by Crippen LogP contribution is -2.20. The van der Waals surface area contributed by atoms with Gasteiger partial charge in [-0.25, -0.2) is 9.97 Å². The van der Waals surface area contributed by atoms with Crippen molar-refractivity contribution in [1.29, 1.82) is 0 Å². The smallest absolute Gasteiger partial charge is 0.303 e. The third kappa shape index (κ3) is 5.76. The molecule has 0 aromatic carbocycles. The number of primary amides is 1. The molecule has 0 spiro atoms. The molecule has 1 rings (SSSR count). The summed E-state index contributed by atoms with van der Waals surface area (Å²) in [7, 11) is 0. The van der Waals surface area contributed by atoms with Crippen LogP contribution < -0.4 is 11.1 Å². The van der Waals surface area contributed by atoms with Crippen molar-refractivity contribution in [1.82, 2.24) is 9.97 Å². The number of carbonyl (C=O) groups excluding carboxylic acids is 1. The average molecular weight is 294 g/mol. The summed E-state index contributed by atoms with van der Waals surface area (Å²) >= 11 is 0. The number of carbonyl (C=O) groups is 2. The van der Waals surface area contributed by atoms with E-state index < -0.39 is 11.9 Å². The minimum atomic E-state index is -0.779. The van der Waals surface area contributed by atoms with E-state index >= 15 is 0 Å². The highest BCUT2D eigenvalue weighted by Crippen LogP contribution is 2.21. The van der Waals surface area contributed by atoms with Gasteiger partial charge in [-0.3, -0.25) is 9.59 Å². The van der Waals surface area contributed by atoms with Crippen molar-refractivity contribution in [3.63, 3.8) is 0 Å².